The Morgan fingerprint density at radius 3 is 2.38 bits per heavy atom. The first-order valence-electron chi connectivity index (χ1n) is 7.69. The lowest BCUT2D eigenvalue weighted by Crippen LogP contribution is -2.37. The van der Waals surface area contributed by atoms with Gasteiger partial charge in [0, 0.05) is 12.6 Å². The van der Waals surface area contributed by atoms with Gasteiger partial charge >= 0.3 is 0 Å². The Hall–Kier alpha value is -1.55. The largest absolute Gasteiger partial charge is 0.494 e. The summed E-state index contributed by atoms with van der Waals surface area (Å²) in [6, 6.07) is 8.19. The normalized spacial score (nSPS) is 11.0. The third kappa shape index (κ3) is 8.35. The average Bonchev–Trinajstić information content (AvgIpc) is 2.39. The molecule has 1 aromatic rings. The zero-order chi connectivity index (χ0) is 15.7. The van der Waals surface area contributed by atoms with Crippen LogP contribution in [0, 0.1) is 5.92 Å². The maximum atomic E-state index is 11.5. The Bertz CT molecular complexity index is 413. The number of hydrogen-bond donors (Lipinski definition) is 2. The van der Waals surface area contributed by atoms with E-state index >= 15 is 0 Å². The number of rotatable bonds is 9. The van der Waals surface area contributed by atoms with Crippen LogP contribution in [0.3, 0.4) is 0 Å². The van der Waals surface area contributed by atoms with Gasteiger partial charge in [-0.25, -0.2) is 0 Å². The maximum Gasteiger partial charge on any atom is 0.234 e. The Morgan fingerprint density at radius 2 is 1.81 bits per heavy atom. The van der Waals surface area contributed by atoms with Crippen molar-refractivity contribution in [3.05, 3.63) is 29.8 Å². The number of amides is 1. The van der Waals surface area contributed by atoms with Crippen molar-refractivity contribution in [1.29, 1.82) is 0 Å². The highest BCUT2D eigenvalue weighted by molar-refractivity contribution is 5.78. The molecule has 1 rings (SSSR count). The molecule has 0 aromatic heterocycles. The molecule has 1 amide bonds. The molecule has 0 heterocycles. The second-order valence-electron chi connectivity index (χ2n) is 6.00. The summed E-state index contributed by atoms with van der Waals surface area (Å²) in [6.07, 6.45) is 1.06. The molecular formula is C17H28N2O2. The van der Waals surface area contributed by atoms with Gasteiger partial charge in [0.15, 0.2) is 0 Å². The van der Waals surface area contributed by atoms with Gasteiger partial charge in [-0.15, -0.1) is 0 Å². The quantitative estimate of drug-likeness (QED) is 0.736. The number of carbonyl (C=O) groups is 1. The van der Waals surface area contributed by atoms with Crippen molar-refractivity contribution in [3.8, 4) is 5.75 Å². The molecule has 0 saturated heterocycles. The van der Waals surface area contributed by atoms with Crippen molar-refractivity contribution in [1.82, 2.24) is 10.6 Å². The van der Waals surface area contributed by atoms with E-state index in [-0.39, 0.29) is 11.9 Å². The summed E-state index contributed by atoms with van der Waals surface area (Å²) in [6.45, 7) is 10.1. The smallest absolute Gasteiger partial charge is 0.234 e. The fourth-order valence-electron chi connectivity index (χ4n) is 1.81. The van der Waals surface area contributed by atoms with Gasteiger partial charge in [-0.1, -0.05) is 26.0 Å². The highest BCUT2D eigenvalue weighted by atomic mass is 16.5. The van der Waals surface area contributed by atoms with Crippen molar-refractivity contribution >= 4 is 5.91 Å². The summed E-state index contributed by atoms with van der Waals surface area (Å²) >= 11 is 0. The lowest BCUT2D eigenvalue weighted by molar-refractivity contribution is -0.120. The molecule has 118 valence electrons. The van der Waals surface area contributed by atoms with Gasteiger partial charge in [-0.3, -0.25) is 4.79 Å². The molecular weight excluding hydrogens is 264 g/mol. The van der Waals surface area contributed by atoms with Crippen LogP contribution in [-0.4, -0.2) is 25.1 Å². The topological polar surface area (TPSA) is 50.4 Å². The summed E-state index contributed by atoms with van der Waals surface area (Å²) in [5.74, 6) is 1.58. The van der Waals surface area contributed by atoms with Crippen LogP contribution >= 0.6 is 0 Å². The lowest BCUT2D eigenvalue weighted by atomic mass is 10.1. The van der Waals surface area contributed by atoms with E-state index in [0.717, 1.165) is 24.3 Å². The molecule has 0 radical (unpaired) electrons. The molecule has 0 aliphatic carbocycles. The van der Waals surface area contributed by atoms with Gasteiger partial charge in [-0.2, -0.15) is 0 Å². The van der Waals surface area contributed by atoms with Crippen molar-refractivity contribution in [2.75, 3.05) is 13.2 Å². The minimum Gasteiger partial charge on any atom is -0.494 e. The number of nitrogens with one attached hydrogen (secondary N) is 2. The van der Waals surface area contributed by atoms with E-state index in [1.54, 1.807) is 0 Å². The second kappa shape index (κ2) is 9.40. The van der Waals surface area contributed by atoms with Crippen LogP contribution in [0.15, 0.2) is 24.3 Å². The lowest BCUT2D eigenvalue weighted by Gasteiger charge is -2.10. The number of benzene rings is 1. The molecule has 21 heavy (non-hydrogen) atoms. The SMILES string of the molecule is CC(C)CCOc1ccc(CNCC(=O)NC(C)C)cc1. The molecule has 2 N–H and O–H groups in total. The first kappa shape index (κ1) is 17.5. The fraction of sp³-hybridized carbons (Fsp3) is 0.588. The fourth-order valence-corrected chi connectivity index (χ4v) is 1.81. The number of hydrogen-bond acceptors (Lipinski definition) is 3. The predicted molar refractivity (Wildman–Crippen MR) is 86.4 cm³/mol. The molecule has 0 aliphatic heterocycles. The minimum atomic E-state index is 0.0265. The summed E-state index contributed by atoms with van der Waals surface area (Å²) < 4.78 is 5.67. The standard InChI is InChI=1S/C17H28N2O2/c1-13(2)9-10-21-16-7-5-15(6-8-16)11-18-12-17(20)19-14(3)4/h5-8,13-14,18H,9-12H2,1-4H3,(H,19,20). The number of ether oxygens (including phenoxy) is 1. The molecule has 0 saturated carbocycles. The minimum absolute atomic E-state index is 0.0265. The van der Waals surface area contributed by atoms with Crippen molar-refractivity contribution in [2.24, 2.45) is 5.92 Å². The van der Waals surface area contributed by atoms with Crippen LogP contribution in [0.5, 0.6) is 5.75 Å². The second-order valence-corrected chi connectivity index (χ2v) is 6.00. The van der Waals surface area contributed by atoms with E-state index in [0.29, 0.717) is 19.0 Å². The summed E-state index contributed by atoms with van der Waals surface area (Å²) in [4.78, 5) is 11.5. The van der Waals surface area contributed by atoms with Gasteiger partial charge in [-0.05, 0) is 43.9 Å². The highest BCUT2D eigenvalue weighted by Gasteiger charge is 2.02. The van der Waals surface area contributed by atoms with E-state index in [9.17, 15) is 4.79 Å². The first-order chi connectivity index (χ1) is 9.97. The third-order valence-electron chi connectivity index (χ3n) is 2.95. The Morgan fingerprint density at radius 1 is 1.14 bits per heavy atom. The Kier molecular flexibility index (Phi) is 7.83. The zero-order valence-electron chi connectivity index (χ0n) is 13.6. The molecule has 4 nitrogen and oxygen atoms in total. The monoisotopic (exact) mass is 292 g/mol. The van der Waals surface area contributed by atoms with E-state index in [4.69, 9.17) is 4.74 Å². The van der Waals surface area contributed by atoms with Gasteiger partial charge in [0.05, 0.1) is 13.2 Å². The average molecular weight is 292 g/mol. The molecule has 0 unspecified atom stereocenters. The van der Waals surface area contributed by atoms with Crippen LogP contribution in [0.2, 0.25) is 0 Å². The molecule has 0 spiro atoms. The summed E-state index contributed by atoms with van der Waals surface area (Å²) in [5, 5.41) is 5.98. The highest BCUT2D eigenvalue weighted by Crippen LogP contribution is 2.13. The molecule has 0 bridgehead atoms. The molecule has 0 fully saturated rings. The van der Waals surface area contributed by atoms with Crippen LogP contribution in [0.25, 0.3) is 0 Å². The molecule has 0 atom stereocenters. The van der Waals surface area contributed by atoms with Crippen LogP contribution in [0.4, 0.5) is 0 Å². The van der Waals surface area contributed by atoms with Gasteiger partial charge in [0.25, 0.3) is 0 Å². The Labute approximate surface area is 128 Å². The van der Waals surface area contributed by atoms with Crippen molar-refractivity contribution < 1.29 is 9.53 Å². The zero-order valence-corrected chi connectivity index (χ0v) is 13.6. The van der Waals surface area contributed by atoms with Crippen molar-refractivity contribution in [3.63, 3.8) is 0 Å². The van der Waals surface area contributed by atoms with E-state index in [1.165, 1.54) is 0 Å². The van der Waals surface area contributed by atoms with Crippen LogP contribution in [-0.2, 0) is 11.3 Å². The van der Waals surface area contributed by atoms with E-state index in [1.807, 2.05) is 38.1 Å². The summed E-state index contributed by atoms with van der Waals surface area (Å²) in [5.41, 5.74) is 1.14. The van der Waals surface area contributed by atoms with Gasteiger partial charge in [0.1, 0.15) is 5.75 Å². The van der Waals surface area contributed by atoms with Gasteiger partial charge < -0.3 is 15.4 Å². The molecule has 4 heteroatoms. The number of carbonyl (C=O) groups excluding carboxylic acids is 1. The van der Waals surface area contributed by atoms with Crippen LogP contribution < -0.4 is 15.4 Å². The van der Waals surface area contributed by atoms with Crippen LogP contribution in [0.1, 0.15) is 39.7 Å². The molecule has 0 aliphatic rings. The van der Waals surface area contributed by atoms with E-state index in [2.05, 4.69) is 24.5 Å². The first-order valence-corrected chi connectivity index (χ1v) is 7.69. The maximum absolute atomic E-state index is 11.5. The van der Waals surface area contributed by atoms with E-state index < -0.39 is 0 Å². The third-order valence-corrected chi connectivity index (χ3v) is 2.95. The molecule has 1 aromatic carbocycles. The Balaban J connectivity index is 2.26. The van der Waals surface area contributed by atoms with Crippen molar-refractivity contribution in [2.45, 2.75) is 46.7 Å². The predicted octanol–water partition coefficient (Wildman–Crippen LogP) is 2.73. The van der Waals surface area contributed by atoms with Gasteiger partial charge in [0.2, 0.25) is 5.91 Å². The summed E-state index contributed by atoms with van der Waals surface area (Å²) in [7, 11) is 0.